The number of anilines is 1. The SMILES string of the molecule is CCCCNC(=O)[C@H](C)N(Cc1ccccc1F)C(=O)CN(c1cc(C)ccc1OC)S(C)(=O)=O. The van der Waals surface area contributed by atoms with Crippen molar-refractivity contribution in [3.63, 3.8) is 0 Å². The first kappa shape index (κ1) is 28.1. The van der Waals surface area contributed by atoms with Crippen molar-refractivity contribution in [3.8, 4) is 5.75 Å². The molecule has 2 rings (SSSR count). The number of aryl methyl sites for hydroxylation is 1. The number of unbranched alkanes of at least 4 members (excludes halogenated alkanes) is 1. The minimum absolute atomic E-state index is 0.198. The summed E-state index contributed by atoms with van der Waals surface area (Å²) >= 11 is 0. The monoisotopic (exact) mass is 507 g/mol. The van der Waals surface area contributed by atoms with E-state index in [9.17, 15) is 22.4 Å². The smallest absolute Gasteiger partial charge is 0.244 e. The third-order valence-electron chi connectivity index (χ3n) is 5.58. The van der Waals surface area contributed by atoms with Gasteiger partial charge in [0.25, 0.3) is 0 Å². The average molecular weight is 508 g/mol. The molecule has 2 aromatic rings. The Morgan fingerprint density at radius 2 is 1.86 bits per heavy atom. The van der Waals surface area contributed by atoms with Crippen LogP contribution in [0, 0.1) is 12.7 Å². The lowest BCUT2D eigenvalue weighted by Gasteiger charge is -2.32. The van der Waals surface area contributed by atoms with Crippen LogP contribution in [0.15, 0.2) is 42.5 Å². The fourth-order valence-electron chi connectivity index (χ4n) is 3.52. The van der Waals surface area contributed by atoms with Gasteiger partial charge in [0, 0.05) is 18.7 Å². The topological polar surface area (TPSA) is 96.0 Å². The highest BCUT2D eigenvalue weighted by molar-refractivity contribution is 7.92. The number of halogens is 1. The Morgan fingerprint density at radius 1 is 1.17 bits per heavy atom. The number of nitrogens with one attached hydrogen (secondary N) is 1. The number of carbonyl (C=O) groups excluding carboxylic acids is 2. The predicted molar refractivity (Wildman–Crippen MR) is 134 cm³/mol. The van der Waals surface area contributed by atoms with E-state index in [-0.39, 0.29) is 23.5 Å². The van der Waals surface area contributed by atoms with Crippen LogP contribution < -0.4 is 14.4 Å². The number of hydrogen-bond donors (Lipinski definition) is 1. The van der Waals surface area contributed by atoms with E-state index in [1.165, 1.54) is 37.1 Å². The van der Waals surface area contributed by atoms with E-state index in [0.29, 0.717) is 6.54 Å². The van der Waals surface area contributed by atoms with Crippen molar-refractivity contribution < 1.29 is 27.1 Å². The highest BCUT2D eigenvalue weighted by Crippen LogP contribution is 2.31. The van der Waals surface area contributed by atoms with Crippen molar-refractivity contribution in [1.82, 2.24) is 10.2 Å². The lowest BCUT2D eigenvalue weighted by molar-refractivity contribution is -0.139. The van der Waals surface area contributed by atoms with Gasteiger partial charge in [0.2, 0.25) is 21.8 Å². The molecular formula is C25H34FN3O5S. The zero-order chi connectivity index (χ0) is 26.2. The second-order valence-electron chi connectivity index (χ2n) is 8.38. The number of amides is 2. The van der Waals surface area contributed by atoms with Crippen LogP contribution >= 0.6 is 0 Å². The number of nitrogens with zero attached hydrogens (tertiary/aromatic N) is 2. The minimum Gasteiger partial charge on any atom is -0.495 e. The molecule has 0 saturated heterocycles. The summed E-state index contributed by atoms with van der Waals surface area (Å²) < 4.78 is 46.1. The first-order chi connectivity index (χ1) is 16.5. The summed E-state index contributed by atoms with van der Waals surface area (Å²) in [5.74, 6) is -1.30. The first-order valence-corrected chi connectivity index (χ1v) is 13.3. The van der Waals surface area contributed by atoms with Crippen LogP contribution in [0.1, 0.15) is 37.8 Å². The summed E-state index contributed by atoms with van der Waals surface area (Å²) in [6, 6.07) is 9.98. The van der Waals surface area contributed by atoms with E-state index in [1.54, 1.807) is 31.2 Å². The Balaban J connectivity index is 2.43. The Bertz CT molecular complexity index is 1140. The van der Waals surface area contributed by atoms with Gasteiger partial charge >= 0.3 is 0 Å². The summed E-state index contributed by atoms with van der Waals surface area (Å²) in [7, 11) is -2.50. The summed E-state index contributed by atoms with van der Waals surface area (Å²) in [5, 5.41) is 2.78. The van der Waals surface area contributed by atoms with Crippen molar-refractivity contribution in [2.75, 3.05) is 30.8 Å². The molecule has 35 heavy (non-hydrogen) atoms. The number of methoxy groups -OCH3 is 1. The lowest BCUT2D eigenvalue weighted by Crippen LogP contribution is -2.51. The molecular weight excluding hydrogens is 473 g/mol. The molecule has 2 aromatic carbocycles. The van der Waals surface area contributed by atoms with Crippen LogP contribution in [0.25, 0.3) is 0 Å². The molecule has 1 atom stereocenters. The molecule has 0 unspecified atom stereocenters. The Hall–Kier alpha value is -3.14. The quantitative estimate of drug-likeness (QED) is 0.445. The first-order valence-electron chi connectivity index (χ1n) is 11.4. The zero-order valence-corrected chi connectivity index (χ0v) is 21.7. The third-order valence-corrected chi connectivity index (χ3v) is 6.70. The molecule has 1 N–H and O–H groups in total. The number of hydrogen-bond acceptors (Lipinski definition) is 5. The Labute approximate surface area is 207 Å². The largest absolute Gasteiger partial charge is 0.495 e. The van der Waals surface area contributed by atoms with Gasteiger partial charge in [0.15, 0.2) is 0 Å². The molecule has 8 nitrogen and oxygen atoms in total. The van der Waals surface area contributed by atoms with Crippen LogP contribution in [0.2, 0.25) is 0 Å². The molecule has 0 aliphatic heterocycles. The maximum absolute atomic E-state index is 14.4. The second-order valence-corrected chi connectivity index (χ2v) is 10.3. The second kappa shape index (κ2) is 12.5. The molecule has 2 amide bonds. The van der Waals surface area contributed by atoms with Gasteiger partial charge in [0.05, 0.1) is 19.1 Å². The molecule has 0 aromatic heterocycles. The molecule has 0 saturated carbocycles. The van der Waals surface area contributed by atoms with Crippen molar-refractivity contribution in [3.05, 3.63) is 59.4 Å². The van der Waals surface area contributed by atoms with Crippen LogP contribution in [-0.2, 0) is 26.2 Å². The van der Waals surface area contributed by atoms with Crippen LogP contribution in [-0.4, -0.2) is 57.6 Å². The van der Waals surface area contributed by atoms with Crippen molar-refractivity contribution in [2.24, 2.45) is 0 Å². The van der Waals surface area contributed by atoms with Crippen molar-refractivity contribution in [1.29, 1.82) is 0 Å². The molecule has 0 radical (unpaired) electrons. The third kappa shape index (κ3) is 7.68. The maximum Gasteiger partial charge on any atom is 0.244 e. The Morgan fingerprint density at radius 3 is 2.46 bits per heavy atom. The molecule has 0 heterocycles. The zero-order valence-electron chi connectivity index (χ0n) is 20.9. The summed E-state index contributed by atoms with van der Waals surface area (Å²) in [6.45, 7) is 4.98. The standard InChI is InChI=1S/C25H34FN3O5S/c1-6-7-14-27-25(31)19(3)28(16-20-10-8-9-11-21(20)26)24(30)17-29(35(5,32)33)22-15-18(2)12-13-23(22)34-4/h8-13,15,19H,6-7,14,16-17H2,1-5H3,(H,27,31)/t19-/m0/s1. The van der Waals surface area contributed by atoms with E-state index < -0.39 is 40.2 Å². The highest BCUT2D eigenvalue weighted by atomic mass is 32.2. The summed E-state index contributed by atoms with van der Waals surface area (Å²) in [6.07, 6.45) is 2.65. The van der Waals surface area contributed by atoms with Crippen molar-refractivity contribution in [2.45, 2.75) is 46.2 Å². The average Bonchev–Trinajstić information content (AvgIpc) is 2.80. The fourth-order valence-corrected chi connectivity index (χ4v) is 4.36. The molecule has 0 bridgehead atoms. The van der Waals surface area contributed by atoms with E-state index in [0.717, 1.165) is 29.0 Å². The van der Waals surface area contributed by atoms with Crippen LogP contribution in [0.4, 0.5) is 10.1 Å². The summed E-state index contributed by atoms with van der Waals surface area (Å²) in [4.78, 5) is 27.5. The van der Waals surface area contributed by atoms with Gasteiger partial charge < -0.3 is 15.0 Å². The number of benzene rings is 2. The van der Waals surface area contributed by atoms with E-state index in [1.807, 2.05) is 6.92 Å². The van der Waals surface area contributed by atoms with Gasteiger partial charge in [-0.1, -0.05) is 37.6 Å². The number of carbonyl (C=O) groups is 2. The number of rotatable bonds is 12. The molecule has 0 fully saturated rings. The van der Waals surface area contributed by atoms with Gasteiger partial charge in [-0.2, -0.15) is 0 Å². The van der Waals surface area contributed by atoms with E-state index >= 15 is 0 Å². The lowest BCUT2D eigenvalue weighted by atomic mass is 10.1. The van der Waals surface area contributed by atoms with E-state index in [4.69, 9.17) is 4.74 Å². The van der Waals surface area contributed by atoms with Gasteiger partial charge in [-0.05, 0) is 44.0 Å². The van der Waals surface area contributed by atoms with Gasteiger partial charge in [-0.25, -0.2) is 12.8 Å². The maximum atomic E-state index is 14.4. The highest BCUT2D eigenvalue weighted by Gasteiger charge is 2.31. The fraction of sp³-hybridized carbons (Fsp3) is 0.440. The molecule has 0 aliphatic rings. The molecule has 10 heteroatoms. The normalized spacial score (nSPS) is 12.1. The van der Waals surface area contributed by atoms with Gasteiger partial charge in [-0.15, -0.1) is 0 Å². The van der Waals surface area contributed by atoms with Crippen LogP contribution in [0.3, 0.4) is 0 Å². The number of ether oxygens (including phenoxy) is 1. The molecule has 0 spiro atoms. The molecule has 0 aliphatic carbocycles. The van der Waals surface area contributed by atoms with Gasteiger partial charge in [0.1, 0.15) is 24.2 Å². The molecule has 192 valence electrons. The van der Waals surface area contributed by atoms with Gasteiger partial charge in [-0.3, -0.25) is 13.9 Å². The Kier molecular flexibility index (Phi) is 10.1. The number of sulfonamides is 1. The minimum atomic E-state index is -3.91. The van der Waals surface area contributed by atoms with Crippen molar-refractivity contribution >= 4 is 27.5 Å². The van der Waals surface area contributed by atoms with Crippen LogP contribution in [0.5, 0.6) is 5.75 Å². The predicted octanol–water partition coefficient (Wildman–Crippen LogP) is 3.24. The van der Waals surface area contributed by atoms with E-state index in [2.05, 4.69) is 5.32 Å². The summed E-state index contributed by atoms with van der Waals surface area (Å²) in [5.41, 5.74) is 1.19.